The summed E-state index contributed by atoms with van der Waals surface area (Å²) in [5.41, 5.74) is 0.954. The Bertz CT molecular complexity index is 1560. The molecular formula is C28H30N4O6. The summed E-state index contributed by atoms with van der Waals surface area (Å²) in [6.45, 7) is 7.70. The van der Waals surface area contributed by atoms with Crippen LogP contribution in [0.1, 0.15) is 72.7 Å². The number of rotatable bonds is 5. The fraction of sp³-hybridized carbons (Fsp3) is 0.393. The third-order valence-corrected chi connectivity index (χ3v) is 7.19. The van der Waals surface area contributed by atoms with Gasteiger partial charge in [0.15, 0.2) is 0 Å². The monoisotopic (exact) mass is 518 g/mol. The molecule has 10 nitrogen and oxygen atoms in total. The lowest BCUT2D eigenvalue weighted by Gasteiger charge is -2.39. The van der Waals surface area contributed by atoms with Crippen molar-refractivity contribution in [3.63, 3.8) is 0 Å². The topological polar surface area (TPSA) is 135 Å². The predicted molar refractivity (Wildman–Crippen MR) is 143 cm³/mol. The van der Waals surface area contributed by atoms with Crippen LogP contribution < -0.4 is 15.6 Å². The number of nitro groups is 1. The first kappa shape index (κ1) is 25.4. The van der Waals surface area contributed by atoms with Gasteiger partial charge in [-0.3, -0.25) is 19.7 Å². The van der Waals surface area contributed by atoms with E-state index in [4.69, 9.17) is 0 Å². The van der Waals surface area contributed by atoms with Crippen LogP contribution in [0.25, 0.3) is 10.9 Å². The molecule has 0 spiro atoms. The van der Waals surface area contributed by atoms with Crippen molar-refractivity contribution < 1.29 is 19.6 Å². The van der Waals surface area contributed by atoms with Crippen LogP contribution in [0, 0.1) is 17.0 Å². The molecule has 5 rings (SSSR count). The van der Waals surface area contributed by atoms with Gasteiger partial charge in [0.2, 0.25) is 11.3 Å². The van der Waals surface area contributed by atoms with Crippen LogP contribution in [0.3, 0.4) is 0 Å². The molecule has 10 heteroatoms. The van der Waals surface area contributed by atoms with E-state index in [1.165, 1.54) is 12.3 Å². The highest BCUT2D eigenvalue weighted by Crippen LogP contribution is 2.45. The van der Waals surface area contributed by atoms with E-state index in [2.05, 4.69) is 5.32 Å². The molecule has 1 aliphatic carbocycles. The zero-order valence-electron chi connectivity index (χ0n) is 21.8. The molecule has 38 heavy (non-hydrogen) atoms. The molecule has 1 amide bonds. The Labute approximate surface area is 219 Å². The average molecular weight is 519 g/mol. The van der Waals surface area contributed by atoms with E-state index in [0.717, 1.165) is 24.0 Å². The third-order valence-electron chi connectivity index (χ3n) is 7.19. The van der Waals surface area contributed by atoms with Crippen molar-refractivity contribution in [1.82, 2.24) is 9.88 Å². The van der Waals surface area contributed by atoms with E-state index >= 15 is 0 Å². The molecule has 1 saturated carbocycles. The Balaban J connectivity index is 1.81. The molecule has 0 saturated heterocycles. The van der Waals surface area contributed by atoms with Crippen molar-refractivity contribution in [2.24, 2.45) is 0 Å². The maximum atomic E-state index is 13.7. The Hall–Kier alpha value is -4.21. The number of carboxylic acids is 1. The number of anilines is 1. The quantitative estimate of drug-likeness (QED) is 0.380. The zero-order valence-corrected chi connectivity index (χ0v) is 21.8. The second-order valence-electron chi connectivity index (χ2n) is 11.1. The summed E-state index contributed by atoms with van der Waals surface area (Å²) in [6, 6.07) is 7.95. The van der Waals surface area contributed by atoms with Gasteiger partial charge in [0.25, 0.3) is 5.69 Å². The highest BCUT2D eigenvalue weighted by atomic mass is 16.6. The Morgan fingerprint density at radius 1 is 1.18 bits per heavy atom. The normalized spacial score (nSPS) is 17.3. The molecule has 2 aliphatic rings. The van der Waals surface area contributed by atoms with Gasteiger partial charge in [0.05, 0.1) is 15.8 Å². The predicted octanol–water partition coefficient (Wildman–Crippen LogP) is 4.27. The summed E-state index contributed by atoms with van der Waals surface area (Å²) >= 11 is 0. The van der Waals surface area contributed by atoms with E-state index in [9.17, 15) is 29.6 Å². The molecule has 198 valence electrons. The highest BCUT2D eigenvalue weighted by Gasteiger charge is 2.39. The number of nitrogens with zero attached hydrogens (tertiary/aromatic N) is 3. The first-order valence-corrected chi connectivity index (χ1v) is 12.7. The largest absolute Gasteiger partial charge is 0.477 e. The number of aromatic carboxylic acids is 1. The fourth-order valence-corrected chi connectivity index (χ4v) is 5.52. The van der Waals surface area contributed by atoms with Gasteiger partial charge in [-0.15, -0.1) is 0 Å². The maximum absolute atomic E-state index is 13.7. The minimum atomic E-state index is -1.37. The lowest BCUT2D eigenvalue weighted by molar-refractivity contribution is -0.384. The van der Waals surface area contributed by atoms with Crippen molar-refractivity contribution >= 4 is 34.2 Å². The van der Waals surface area contributed by atoms with Crippen LogP contribution in [0.15, 0.2) is 41.3 Å². The van der Waals surface area contributed by atoms with Crippen LogP contribution in [-0.4, -0.2) is 38.6 Å². The van der Waals surface area contributed by atoms with E-state index in [-0.39, 0.29) is 28.7 Å². The zero-order chi connectivity index (χ0) is 27.5. The molecule has 2 heterocycles. The van der Waals surface area contributed by atoms with E-state index in [1.807, 2.05) is 45.0 Å². The van der Waals surface area contributed by atoms with Gasteiger partial charge in [0, 0.05) is 36.0 Å². The van der Waals surface area contributed by atoms with Gasteiger partial charge in [-0.05, 0) is 58.1 Å². The second kappa shape index (κ2) is 8.97. The van der Waals surface area contributed by atoms with Gasteiger partial charge in [0.1, 0.15) is 17.3 Å². The number of benzene rings is 2. The summed E-state index contributed by atoms with van der Waals surface area (Å²) in [4.78, 5) is 52.4. The van der Waals surface area contributed by atoms with Crippen LogP contribution in [0.5, 0.6) is 0 Å². The molecule has 1 unspecified atom stereocenters. The van der Waals surface area contributed by atoms with Crippen LogP contribution in [-0.2, 0) is 11.2 Å². The molecule has 1 aromatic heterocycles. The molecule has 2 N–H and O–H groups in total. The molecule has 0 bridgehead atoms. The smallest absolute Gasteiger partial charge is 0.341 e. The number of hydrogen-bond donors (Lipinski definition) is 2. The van der Waals surface area contributed by atoms with Crippen molar-refractivity contribution in [1.29, 1.82) is 0 Å². The molecule has 1 aliphatic heterocycles. The number of carboxylic acid groups (broad SMARTS) is 1. The van der Waals surface area contributed by atoms with E-state index in [1.54, 1.807) is 16.4 Å². The number of pyridine rings is 1. The standard InChI is InChI=1S/C28H30N4O6/c1-15-22-19(25(33)20(27(35)36)14-31(22)17-9-10-17)13-21(32(37)38)23(15)30-12-11-16-7-5-6-8-18(16)24(30)26(34)29-28(2,3)4/h5-8,13-14,17,24H,9-12H2,1-4H3,(H,29,34)(H,35,36). The van der Waals surface area contributed by atoms with Crippen LogP contribution in [0.2, 0.25) is 0 Å². The number of aryl methyl sites for hydroxylation is 1. The van der Waals surface area contributed by atoms with Gasteiger partial charge in [-0.25, -0.2) is 4.79 Å². The SMILES string of the molecule is Cc1c(N2CCc3ccccc3C2C(=O)NC(C)(C)C)c([N+](=O)[O-])cc2c(=O)c(C(=O)O)cn(C3CC3)c12. The molecule has 3 aromatic rings. The fourth-order valence-electron chi connectivity index (χ4n) is 5.52. The van der Waals surface area contributed by atoms with Gasteiger partial charge in [-0.2, -0.15) is 0 Å². The number of amides is 1. The minimum Gasteiger partial charge on any atom is -0.477 e. The van der Waals surface area contributed by atoms with E-state index < -0.39 is 33.5 Å². The van der Waals surface area contributed by atoms with E-state index in [0.29, 0.717) is 24.0 Å². The summed E-state index contributed by atoms with van der Waals surface area (Å²) in [7, 11) is 0. The van der Waals surface area contributed by atoms with Crippen LogP contribution in [0.4, 0.5) is 11.4 Å². The summed E-state index contributed by atoms with van der Waals surface area (Å²) < 4.78 is 1.77. The van der Waals surface area contributed by atoms with Crippen LogP contribution >= 0.6 is 0 Å². The third kappa shape index (κ3) is 4.29. The minimum absolute atomic E-state index is 0.00199. The summed E-state index contributed by atoms with van der Waals surface area (Å²) in [5, 5.41) is 25.1. The Kier molecular flexibility index (Phi) is 6.00. The lowest BCUT2D eigenvalue weighted by atomic mass is 9.89. The highest BCUT2D eigenvalue weighted by molar-refractivity contribution is 5.99. The van der Waals surface area contributed by atoms with Crippen molar-refractivity contribution in [3.05, 3.63) is 79.1 Å². The second-order valence-corrected chi connectivity index (χ2v) is 11.1. The molecule has 1 fully saturated rings. The molecule has 0 radical (unpaired) electrons. The van der Waals surface area contributed by atoms with Crippen molar-refractivity contribution in [2.45, 2.75) is 64.6 Å². The maximum Gasteiger partial charge on any atom is 0.341 e. The van der Waals surface area contributed by atoms with Crippen molar-refractivity contribution in [2.75, 3.05) is 11.4 Å². The first-order chi connectivity index (χ1) is 17.9. The lowest BCUT2D eigenvalue weighted by Crippen LogP contribution is -2.50. The number of carbonyl (C=O) groups excluding carboxylic acids is 1. The average Bonchev–Trinajstić information content (AvgIpc) is 3.67. The molecule has 2 aromatic carbocycles. The number of hydrogen-bond acceptors (Lipinski definition) is 6. The number of carbonyl (C=O) groups is 2. The van der Waals surface area contributed by atoms with Gasteiger partial charge in [-0.1, -0.05) is 24.3 Å². The number of aromatic nitrogens is 1. The first-order valence-electron chi connectivity index (χ1n) is 12.7. The van der Waals surface area contributed by atoms with Crippen molar-refractivity contribution in [3.8, 4) is 0 Å². The molecular weight excluding hydrogens is 488 g/mol. The molecule has 1 atom stereocenters. The number of nitrogens with one attached hydrogen (secondary N) is 1. The Morgan fingerprint density at radius 2 is 1.87 bits per heavy atom. The summed E-state index contributed by atoms with van der Waals surface area (Å²) in [6.07, 6.45) is 3.56. The number of nitro benzene ring substituents is 1. The number of fused-ring (bicyclic) bond motifs is 2. The van der Waals surface area contributed by atoms with Gasteiger partial charge >= 0.3 is 5.97 Å². The Morgan fingerprint density at radius 3 is 2.47 bits per heavy atom. The summed E-state index contributed by atoms with van der Waals surface area (Å²) in [5.74, 6) is -1.65. The van der Waals surface area contributed by atoms with Gasteiger partial charge < -0.3 is 19.9 Å².